The van der Waals surface area contributed by atoms with Crippen molar-refractivity contribution in [3.05, 3.63) is 172 Å². The first-order valence-corrected chi connectivity index (χ1v) is 36.2. The van der Waals surface area contributed by atoms with E-state index < -0.39 is 151 Å². The molecular weight excluding hydrogens is 1370 g/mol. The number of primary amides is 3. The summed E-state index contributed by atoms with van der Waals surface area (Å²) in [7, 11) is 0. The van der Waals surface area contributed by atoms with E-state index in [4.69, 9.17) is 38.3 Å². The SMILES string of the molecule is CC[C@H](C)[C@H](NC(=O)[C@H](Cc1ccc(OCc2ccccc2)cc1)NC(=O)[C@H](O)CSCc1ccccc1)C(=O)N[C@@H](CCC(N)=O)C(=O)N[C@@H](CC(N)=O)C(=O)N[C@@H](CSCc1ccccc1)C(=O)N1CCC[C@H]1C(=O)N[C@@H](CCCCNC(=O)OCc1ccccc1Cl)C(=O)NCC(N)=O. The van der Waals surface area contributed by atoms with Gasteiger partial charge in [-0.15, -0.1) is 0 Å². The number of rotatable bonds is 43. The number of hydrogen-bond donors (Lipinski definition) is 12. The van der Waals surface area contributed by atoms with E-state index in [1.807, 2.05) is 91.0 Å². The van der Waals surface area contributed by atoms with E-state index >= 15 is 0 Å². The maximum absolute atomic E-state index is 14.9. The molecule has 30 heteroatoms. The summed E-state index contributed by atoms with van der Waals surface area (Å²) in [6.45, 7) is 3.21. The quantitative estimate of drug-likeness (QED) is 0.0249. The van der Waals surface area contributed by atoms with Gasteiger partial charge in [0.05, 0.1) is 13.0 Å². The summed E-state index contributed by atoms with van der Waals surface area (Å²) < 4.78 is 11.2. The molecule has 0 aliphatic carbocycles. The Morgan fingerprint density at radius 3 is 1.75 bits per heavy atom. The van der Waals surface area contributed by atoms with Gasteiger partial charge in [0.15, 0.2) is 0 Å². The molecule has 0 saturated carbocycles. The monoisotopic (exact) mass is 1460 g/mol. The Kier molecular flexibility index (Phi) is 34.4. The van der Waals surface area contributed by atoms with Gasteiger partial charge in [0.25, 0.3) is 0 Å². The van der Waals surface area contributed by atoms with Crippen LogP contribution in [0.5, 0.6) is 5.75 Å². The van der Waals surface area contributed by atoms with Gasteiger partial charge in [0.1, 0.15) is 67.4 Å². The van der Waals surface area contributed by atoms with Crippen LogP contribution in [-0.2, 0) is 88.6 Å². The van der Waals surface area contributed by atoms with E-state index in [-0.39, 0.29) is 69.9 Å². The fourth-order valence-electron chi connectivity index (χ4n) is 10.7. The van der Waals surface area contributed by atoms with Gasteiger partial charge in [-0.1, -0.05) is 153 Å². The van der Waals surface area contributed by atoms with Crippen LogP contribution in [0.4, 0.5) is 4.79 Å². The van der Waals surface area contributed by atoms with Crippen LogP contribution < -0.4 is 64.5 Å². The molecule has 1 aliphatic rings. The molecule has 1 heterocycles. The zero-order valence-electron chi connectivity index (χ0n) is 56.9. The number of carbonyl (C=O) groups excluding carboxylic acids is 12. The number of aliphatic hydroxyl groups excluding tert-OH is 1. The highest BCUT2D eigenvalue weighted by molar-refractivity contribution is 7.98. The Hall–Kier alpha value is -9.71. The number of unbranched alkanes of at least 4 members (excludes halogenated alkanes) is 1. The fourth-order valence-corrected chi connectivity index (χ4v) is 12.8. The number of amides is 12. The highest BCUT2D eigenvalue weighted by Crippen LogP contribution is 2.24. The van der Waals surface area contributed by atoms with Crippen molar-refractivity contribution >= 4 is 106 Å². The summed E-state index contributed by atoms with van der Waals surface area (Å²) in [5.41, 5.74) is 20.5. The van der Waals surface area contributed by atoms with Crippen molar-refractivity contribution in [3.63, 3.8) is 0 Å². The summed E-state index contributed by atoms with van der Waals surface area (Å²) in [6.07, 6.45) is -2.82. The molecule has 1 saturated heterocycles. The number of nitrogens with one attached hydrogen (secondary N) is 8. The van der Waals surface area contributed by atoms with Crippen LogP contribution in [0.1, 0.15) is 99.5 Å². The predicted octanol–water partition coefficient (Wildman–Crippen LogP) is 3.47. The third kappa shape index (κ3) is 28.4. The van der Waals surface area contributed by atoms with Gasteiger partial charge in [-0.25, -0.2) is 4.79 Å². The minimum absolute atomic E-state index is 0.0183. The second-order valence-corrected chi connectivity index (χ2v) is 26.9. The molecule has 0 unspecified atom stereocenters. The number of hydrogen-bond acceptors (Lipinski definition) is 17. The second kappa shape index (κ2) is 43.2. The third-order valence-corrected chi connectivity index (χ3v) is 19.1. The number of ether oxygens (including phenoxy) is 2. The van der Waals surface area contributed by atoms with Crippen LogP contribution in [0.3, 0.4) is 0 Å². The highest BCUT2D eigenvalue weighted by atomic mass is 35.5. The molecule has 548 valence electrons. The average Bonchev–Trinajstić information content (AvgIpc) is 1.50. The van der Waals surface area contributed by atoms with Gasteiger partial charge in [0, 0.05) is 59.5 Å². The number of benzene rings is 5. The molecular formula is C72H91ClN12O15S2. The zero-order chi connectivity index (χ0) is 73.9. The van der Waals surface area contributed by atoms with E-state index in [9.17, 15) is 62.6 Å². The molecule has 0 aromatic heterocycles. The summed E-state index contributed by atoms with van der Waals surface area (Å²) in [5, 5.41) is 32.3. The molecule has 15 N–H and O–H groups in total. The maximum Gasteiger partial charge on any atom is 0.407 e. The standard InChI is InChI=1S/C72H91ClN12O15S2/c1-3-45(2)63(84-67(93)55(82-69(95)59(86)44-102-42-49-22-11-6-12-23-49)36-46-28-30-51(31-29-46)99-39-47-18-7-4-8-19-47)70(96)80-54(32-33-60(74)87)65(91)81-56(37-61(75)88)66(92)83-57(43-101-41-48-20-9-5-10-21-48)71(97)85-35-17-27-58(85)68(94)79-53(64(90)78-38-62(76)89)26-15-16-34-77-72(98)100-40-50-24-13-14-25-52(50)73/h4-14,18-25,28-31,45,53-59,63,86H,3,15-17,26-27,32-44H2,1-2H3,(H2,74,87)(H2,75,88)(H2,76,89)(H,77,98)(H,78,90)(H,79,94)(H,80,96)(H,81,91)(H,82,95)(H,83,92)(H,84,93)/t45-,53-,54-,55-,56-,57-,58-,59+,63-/m0/s1. The van der Waals surface area contributed by atoms with Gasteiger partial charge in [-0.2, -0.15) is 23.5 Å². The minimum Gasteiger partial charge on any atom is -0.489 e. The van der Waals surface area contributed by atoms with Gasteiger partial charge in [-0.3, -0.25) is 52.7 Å². The fraction of sp³-hybridized carbons (Fsp3) is 0.417. The third-order valence-electron chi connectivity index (χ3n) is 16.5. The molecule has 1 fully saturated rings. The van der Waals surface area contributed by atoms with E-state index in [0.717, 1.165) is 16.7 Å². The topological polar surface area (TPSA) is 421 Å². The average molecular weight is 1460 g/mol. The lowest BCUT2D eigenvalue weighted by Crippen LogP contribution is -2.61. The van der Waals surface area contributed by atoms with Crippen molar-refractivity contribution in [2.75, 3.05) is 31.1 Å². The lowest BCUT2D eigenvalue weighted by Gasteiger charge is -2.31. The lowest BCUT2D eigenvalue weighted by atomic mass is 9.96. The van der Waals surface area contributed by atoms with Crippen LogP contribution in [0.15, 0.2) is 140 Å². The predicted molar refractivity (Wildman–Crippen MR) is 386 cm³/mol. The second-order valence-electron chi connectivity index (χ2n) is 24.5. The number of aliphatic hydroxyl groups is 1. The Bertz CT molecular complexity index is 3610. The Morgan fingerprint density at radius 1 is 0.569 bits per heavy atom. The molecule has 12 amide bonds. The van der Waals surface area contributed by atoms with Crippen molar-refractivity contribution in [2.24, 2.45) is 23.1 Å². The largest absolute Gasteiger partial charge is 0.489 e. The van der Waals surface area contributed by atoms with Crippen molar-refractivity contribution in [3.8, 4) is 5.75 Å². The number of likely N-dealkylation sites (tertiary alicyclic amines) is 1. The van der Waals surface area contributed by atoms with Gasteiger partial charge in [0.2, 0.25) is 65.0 Å². The van der Waals surface area contributed by atoms with Gasteiger partial charge in [-0.05, 0) is 84.9 Å². The maximum atomic E-state index is 14.9. The van der Waals surface area contributed by atoms with Crippen molar-refractivity contribution < 1.29 is 72.1 Å². The van der Waals surface area contributed by atoms with E-state index in [0.29, 0.717) is 46.2 Å². The Morgan fingerprint density at radius 2 is 1.14 bits per heavy atom. The molecule has 27 nitrogen and oxygen atoms in total. The molecule has 0 radical (unpaired) electrons. The number of thioether (sulfide) groups is 2. The van der Waals surface area contributed by atoms with E-state index in [2.05, 4.69) is 42.5 Å². The summed E-state index contributed by atoms with van der Waals surface area (Å²) in [5.74, 6) is -9.25. The number of nitrogens with zero attached hydrogens (tertiary/aromatic N) is 1. The summed E-state index contributed by atoms with van der Waals surface area (Å²) in [4.78, 5) is 165. The molecule has 0 bridgehead atoms. The lowest BCUT2D eigenvalue weighted by molar-refractivity contribution is -0.142. The molecule has 9 atom stereocenters. The molecule has 5 aromatic rings. The first-order chi connectivity index (χ1) is 49.0. The summed E-state index contributed by atoms with van der Waals surface area (Å²) >= 11 is 8.72. The number of carbonyl (C=O) groups is 12. The Balaban J connectivity index is 1.17. The molecule has 5 aromatic carbocycles. The first kappa shape index (κ1) is 81.3. The van der Waals surface area contributed by atoms with Crippen LogP contribution >= 0.6 is 35.1 Å². The van der Waals surface area contributed by atoms with Gasteiger partial charge < -0.3 is 79.2 Å². The normalized spacial score (nSPS) is 14.8. The molecule has 102 heavy (non-hydrogen) atoms. The smallest absolute Gasteiger partial charge is 0.407 e. The Labute approximate surface area is 606 Å². The number of halogens is 1. The molecule has 6 rings (SSSR count). The van der Waals surface area contributed by atoms with Crippen LogP contribution in [-0.4, -0.2) is 161 Å². The highest BCUT2D eigenvalue weighted by Gasteiger charge is 2.41. The van der Waals surface area contributed by atoms with Crippen molar-refractivity contribution in [1.82, 2.24) is 47.4 Å². The van der Waals surface area contributed by atoms with Crippen LogP contribution in [0, 0.1) is 5.92 Å². The zero-order valence-corrected chi connectivity index (χ0v) is 59.3. The van der Waals surface area contributed by atoms with Gasteiger partial charge >= 0.3 is 6.09 Å². The number of alkyl carbamates (subject to hydrolysis) is 1. The number of nitrogens with two attached hydrogens (primary N) is 3. The first-order valence-electron chi connectivity index (χ1n) is 33.5. The van der Waals surface area contributed by atoms with Crippen molar-refractivity contribution in [1.29, 1.82) is 0 Å². The van der Waals surface area contributed by atoms with E-state index in [1.165, 1.54) is 28.4 Å². The molecule has 1 aliphatic heterocycles. The van der Waals surface area contributed by atoms with E-state index in [1.54, 1.807) is 62.4 Å². The van der Waals surface area contributed by atoms with Crippen molar-refractivity contribution in [2.45, 2.75) is 151 Å². The molecule has 0 spiro atoms. The van der Waals surface area contributed by atoms with Crippen LogP contribution in [0.2, 0.25) is 5.02 Å². The summed E-state index contributed by atoms with van der Waals surface area (Å²) in [6, 6.07) is 31.6. The van der Waals surface area contributed by atoms with Crippen LogP contribution in [0.25, 0.3) is 0 Å². The minimum atomic E-state index is -1.82.